The largest absolute Gasteiger partial charge is 0.411 e. The molecule has 0 aliphatic carbocycles. The van der Waals surface area contributed by atoms with Crippen molar-refractivity contribution in [3.05, 3.63) is 40.8 Å². The fraction of sp³-hybridized carbons (Fsp3) is 0.154. The third-order valence-corrected chi connectivity index (χ3v) is 5.13. The molecule has 0 bridgehead atoms. The maximum Gasteiger partial charge on any atom is 0.221 e. The highest BCUT2D eigenvalue weighted by Crippen LogP contribution is 2.17. The van der Waals surface area contributed by atoms with Gasteiger partial charge < -0.3 is 10.5 Å². The van der Waals surface area contributed by atoms with Crippen LogP contribution in [-0.4, -0.2) is 36.0 Å². The molecule has 0 saturated heterocycles. The van der Waals surface area contributed by atoms with Crippen LogP contribution in [0.5, 0.6) is 0 Å². The van der Waals surface area contributed by atoms with Gasteiger partial charge in [-0.2, -0.15) is 0 Å². The van der Waals surface area contributed by atoms with Gasteiger partial charge in [0, 0.05) is 24.2 Å². The van der Waals surface area contributed by atoms with E-state index in [1.165, 1.54) is 48.7 Å². The molecule has 1 aromatic heterocycles. The number of thiazole rings is 1. The average Bonchev–Trinajstić information content (AvgIpc) is 2.99. The summed E-state index contributed by atoms with van der Waals surface area (Å²) in [6, 6.07) is 5.76. The van der Waals surface area contributed by atoms with Crippen molar-refractivity contribution in [2.75, 3.05) is 11.1 Å². The van der Waals surface area contributed by atoms with Gasteiger partial charge in [0.25, 0.3) is 0 Å². The predicted molar refractivity (Wildman–Crippen MR) is 83.2 cm³/mol. The Kier molecular flexibility index (Phi) is 4.88. The van der Waals surface area contributed by atoms with Crippen molar-refractivity contribution in [3.8, 4) is 0 Å². The van der Waals surface area contributed by atoms with Crippen LogP contribution in [0.1, 0.15) is 11.9 Å². The number of carbonyl (C=O) groups is 1. The van der Waals surface area contributed by atoms with E-state index in [4.69, 9.17) is 5.21 Å². The smallest absolute Gasteiger partial charge is 0.221 e. The van der Waals surface area contributed by atoms with Crippen LogP contribution in [0.4, 0.5) is 5.69 Å². The number of oxime groups is 1. The fourth-order valence-corrected chi connectivity index (χ4v) is 3.70. The molecule has 0 atom stereocenters. The molecule has 0 radical (unpaired) electrons. The number of hydrogen-bond donors (Lipinski definition) is 2. The van der Waals surface area contributed by atoms with Crippen molar-refractivity contribution in [2.24, 2.45) is 5.16 Å². The first-order valence-corrected chi connectivity index (χ1v) is 8.67. The van der Waals surface area contributed by atoms with E-state index >= 15 is 0 Å². The van der Waals surface area contributed by atoms with E-state index in [1.807, 2.05) is 0 Å². The molecule has 0 aliphatic rings. The average molecular weight is 339 g/mol. The summed E-state index contributed by atoms with van der Waals surface area (Å²) in [6.45, 7) is 1.36. The van der Waals surface area contributed by atoms with Crippen molar-refractivity contribution < 1.29 is 18.4 Å². The second-order valence-electron chi connectivity index (χ2n) is 4.35. The van der Waals surface area contributed by atoms with Gasteiger partial charge >= 0.3 is 0 Å². The lowest BCUT2D eigenvalue weighted by Gasteiger charge is -2.06. The lowest BCUT2D eigenvalue weighted by molar-refractivity contribution is -0.114. The van der Waals surface area contributed by atoms with E-state index in [0.29, 0.717) is 10.7 Å². The maximum atomic E-state index is 12.3. The molecule has 2 N–H and O–H groups in total. The SMILES string of the molecule is CC(=O)Nc1ccc(S(=O)(=O)C/C(=N/O)c2nccs2)cc1. The van der Waals surface area contributed by atoms with Crippen LogP contribution in [0, 0.1) is 0 Å². The Labute approximate surface area is 131 Å². The molecule has 2 aromatic rings. The monoisotopic (exact) mass is 339 g/mol. The minimum atomic E-state index is -3.68. The first-order valence-electron chi connectivity index (χ1n) is 6.13. The Balaban J connectivity index is 2.21. The van der Waals surface area contributed by atoms with Crippen molar-refractivity contribution in [2.45, 2.75) is 11.8 Å². The molecule has 116 valence electrons. The van der Waals surface area contributed by atoms with Gasteiger partial charge in [-0.25, -0.2) is 13.4 Å². The summed E-state index contributed by atoms with van der Waals surface area (Å²) < 4.78 is 24.7. The third-order valence-electron chi connectivity index (χ3n) is 2.66. The van der Waals surface area contributed by atoms with Crippen molar-refractivity contribution in [1.29, 1.82) is 0 Å². The van der Waals surface area contributed by atoms with Crippen molar-refractivity contribution >= 4 is 38.5 Å². The number of rotatable bonds is 5. The second kappa shape index (κ2) is 6.67. The minimum Gasteiger partial charge on any atom is -0.411 e. The molecule has 0 saturated carbocycles. The van der Waals surface area contributed by atoms with E-state index in [9.17, 15) is 13.2 Å². The Bertz CT molecular complexity index is 781. The van der Waals surface area contributed by atoms with E-state index < -0.39 is 15.6 Å². The Morgan fingerprint density at radius 2 is 2.05 bits per heavy atom. The van der Waals surface area contributed by atoms with Crippen LogP contribution in [0.25, 0.3) is 0 Å². The topological polar surface area (TPSA) is 109 Å². The lowest BCUT2D eigenvalue weighted by Crippen LogP contribution is -2.17. The van der Waals surface area contributed by atoms with E-state index in [0.717, 1.165) is 0 Å². The van der Waals surface area contributed by atoms with Crippen LogP contribution in [0.2, 0.25) is 0 Å². The van der Waals surface area contributed by atoms with Gasteiger partial charge in [0.15, 0.2) is 9.84 Å². The van der Waals surface area contributed by atoms with E-state index in [2.05, 4.69) is 15.5 Å². The molecule has 0 aliphatic heterocycles. The Morgan fingerprint density at radius 3 is 2.55 bits per heavy atom. The maximum absolute atomic E-state index is 12.3. The van der Waals surface area contributed by atoms with Crippen molar-refractivity contribution in [3.63, 3.8) is 0 Å². The zero-order chi connectivity index (χ0) is 16.2. The van der Waals surface area contributed by atoms with Gasteiger partial charge in [0.05, 0.1) is 4.90 Å². The first-order chi connectivity index (χ1) is 10.4. The van der Waals surface area contributed by atoms with Crippen molar-refractivity contribution in [1.82, 2.24) is 4.98 Å². The molecular formula is C13H13N3O4S2. The van der Waals surface area contributed by atoms with E-state index in [-0.39, 0.29) is 16.5 Å². The molecule has 0 spiro atoms. The summed E-state index contributed by atoms with van der Waals surface area (Å²) in [5.74, 6) is -0.703. The standard InChI is InChI=1S/C13H13N3O4S2/c1-9(17)15-10-2-4-11(5-3-10)22(19,20)8-12(16-18)13-14-6-7-21-13/h2-7,18H,8H2,1H3,(H,15,17)/b16-12-. The molecule has 9 heteroatoms. The third kappa shape index (κ3) is 3.89. The van der Waals surface area contributed by atoms with Crippen LogP contribution in [-0.2, 0) is 14.6 Å². The summed E-state index contributed by atoms with van der Waals surface area (Å²) >= 11 is 1.19. The van der Waals surface area contributed by atoms with Crippen LogP contribution < -0.4 is 5.32 Å². The number of sulfone groups is 1. The van der Waals surface area contributed by atoms with Crippen LogP contribution in [0.15, 0.2) is 45.9 Å². The number of anilines is 1. The quantitative estimate of drug-likeness (QED) is 0.490. The zero-order valence-corrected chi connectivity index (χ0v) is 13.2. The molecule has 7 nitrogen and oxygen atoms in total. The van der Waals surface area contributed by atoms with Gasteiger partial charge in [-0.3, -0.25) is 4.79 Å². The summed E-state index contributed by atoms with van der Waals surface area (Å²) in [7, 11) is -3.68. The highest BCUT2D eigenvalue weighted by molar-refractivity contribution is 7.92. The first kappa shape index (κ1) is 16.1. The number of aromatic nitrogens is 1. The van der Waals surface area contributed by atoms with Gasteiger partial charge in [0.1, 0.15) is 16.5 Å². The second-order valence-corrected chi connectivity index (χ2v) is 7.23. The molecular weight excluding hydrogens is 326 g/mol. The molecule has 2 rings (SSSR count). The summed E-state index contributed by atoms with van der Waals surface area (Å²) in [4.78, 5) is 14.9. The van der Waals surface area contributed by atoms with Gasteiger partial charge in [-0.15, -0.1) is 11.3 Å². The summed E-state index contributed by atoms with van der Waals surface area (Å²) in [6.07, 6.45) is 1.50. The van der Waals surface area contributed by atoms with Crippen LogP contribution in [0.3, 0.4) is 0 Å². The Hall–Kier alpha value is -2.26. The van der Waals surface area contributed by atoms with E-state index in [1.54, 1.807) is 5.38 Å². The molecule has 22 heavy (non-hydrogen) atoms. The number of benzene rings is 1. The Morgan fingerprint density at radius 1 is 1.36 bits per heavy atom. The number of nitrogens with zero attached hydrogens (tertiary/aromatic N) is 2. The number of amides is 1. The van der Waals surface area contributed by atoms with Crippen LogP contribution >= 0.6 is 11.3 Å². The summed E-state index contributed by atoms with van der Waals surface area (Å²) in [5.41, 5.74) is 0.489. The molecule has 1 heterocycles. The normalized spacial score (nSPS) is 12.1. The van der Waals surface area contributed by atoms with Gasteiger partial charge in [-0.1, -0.05) is 5.16 Å². The number of hydrogen-bond acceptors (Lipinski definition) is 7. The highest BCUT2D eigenvalue weighted by atomic mass is 32.2. The molecule has 0 unspecified atom stereocenters. The molecule has 0 fully saturated rings. The molecule has 1 amide bonds. The predicted octanol–water partition coefficient (Wildman–Crippen LogP) is 1.75. The lowest BCUT2D eigenvalue weighted by atomic mass is 10.3. The minimum absolute atomic E-state index is 0.0130. The van der Waals surface area contributed by atoms with Gasteiger partial charge in [-0.05, 0) is 24.3 Å². The molecule has 1 aromatic carbocycles. The highest BCUT2D eigenvalue weighted by Gasteiger charge is 2.21. The number of nitrogens with one attached hydrogen (secondary N) is 1. The summed E-state index contributed by atoms with van der Waals surface area (Å²) in [5, 5.41) is 16.6. The number of carbonyl (C=O) groups excluding carboxylic acids is 1. The fourth-order valence-electron chi connectivity index (χ4n) is 1.71. The zero-order valence-electron chi connectivity index (χ0n) is 11.6. The van der Waals surface area contributed by atoms with Gasteiger partial charge in [0.2, 0.25) is 5.91 Å².